The van der Waals surface area contributed by atoms with Crippen molar-refractivity contribution < 1.29 is 14.7 Å². The quantitative estimate of drug-likeness (QED) is 0.768. The SMILES string of the molecule is O=C(O)C1Cc2nc[nH]c2CN1C(=O)NCc1cncs1. The van der Waals surface area contributed by atoms with Crippen LogP contribution in [0.3, 0.4) is 0 Å². The summed E-state index contributed by atoms with van der Waals surface area (Å²) in [6.45, 7) is 0.545. The number of aromatic nitrogens is 3. The maximum Gasteiger partial charge on any atom is 0.326 e. The van der Waals surface area contributed by atoms with Gasteiger partial charge >= 0.3 is 12.0 Å². The number of carbonyl (C=O) groups is 2. The fourth-order valence-corrected chi connectivity index (χ4v) is 2.80. The summed E-state index contributed by atoms with van der Waals surface area (Å²) < 4.78 is 0. The Balaban J connectivity index is 1.72. The van der Waals surface area contributed by atoms with E-state index in [9.17, 15) is 14.7 Å². The molecule has 3 N–H and O–H groups in total. The Morgan fingerprint density at radius 3 is 3.14 bits per heavy atom. The largest absolute Gasteiger partial charge is 0.480 e. The van der Waals surface area contributed by atoms with Crippen LogP contribution in [0, 0.1) is 0 Å². The topological polar surface area (TPSA) is 111 Å². The molecule has 0 radical (unpaired) electrons. The number of hydrogen-bond acceptors (Lipinski definition) is 5. The lowest BCUT2D eigenvalue weighted by molar-refractivity contribution is -0.142. The first-order valence-electron chi connectivity index (χ1n) is 6.31. The Labute approximate surface area is 123 Å². The van der Waals surface area contributed by atoms with Gasteiger partial charge in [-0.25, -0.2) is 14.6 Å². The number of nitrogens with one attached hydrogen (secondary N) is 2. The second-order valence-corrected chi connectivity index (χ2v) is 5.61. The predicted octanol–water partition coefficient (Wildman–Crippen LogP) is 0.587. The molecular weight excluding hydrogens is 294 g/mol. The molecule has 3 rings (SSSR count). The van der Waals surface area contributed by atoms with Gasteiger partial charge in [0.25, 0.3) is 0 Å². The summed E-state index contributed by atoms with van der Waals surface area (Å²) in [6.07, 6.45) is 3.40. The molecule has 0 aliphatic carbocycles. The van der Waals surface area contributed by atoms with Gasteiger partial charge in [-0.2, -0.15) is 0 Å². The monoisotopic (exact) mass is 307 g/mol. The van der Waals surface area contributed by atoms with E-state index in [2.05, 4.69) is 20.3 Å². The molecule has 0 saturated carbocycles. The van der Waals surface area contributed by atoms with E-state index in [0.29, 0.717) is 12.2 Å². The Hall–Kier alpha value is -2.42. The van der Waals surface area contributed by atoms with Crippen LogP contribution in [-0.4, -0.2) is 43.0 Å². The van der Waals surface area contributed by atoms with Gasteiger partial charge in [-0.1, -0.05) is 0 Å². The van der Waals surface area contributed by atoms with Gasteiger partial charge in [0, 0.05) is 17.5 Å². The van der Waals surface area contributed by atoms with E-state index < -0.39 is 18.0 Å². The Bertz CT molecular complexity index is 654. The summed E-state index contributed by atoms with van der Waals surface area (Å²) in [6, 6.07) is -1.31. The molecule has 2 aromatic heterocycles. The van der Waals surface area contributed by atoms with Crippen LogP contribution in [0.5, 0.6) is 0 Å². The van der Waals surface area contributed by atoms with E-state index in [0.717, 1.165) is 10.6 Å². The fourth-order valence-electron chi connectivity index (χ4n) is 2.26. The molecular formula is C12H13N5O3S. The van der Waals surface area contributed by atoms with Gasteiger partial charge in [-0.15, -0.1) is 11.3 Å². The molecule has 3 heterocycles. The summed E-state index contributed by atoms with van der Waals surface area (Å²) in [5.41, 5.74) is 3.16. The van der Waals surface area contributed by atoms with Crippen molar-refractivity contribution in [3.05, 3.63) is 34.3 Å². The zero-order chi connectivity index (χ0) is 14.8. The number of urea groups is 1. The Kier molecular flexibility index (Phi) is 3.57. The van der Waals surface area contributed by atoms with Crippen molar-refractivity contribution in [1.82, 2.24) is 25.2 Å². The van der Waals surface area contributed by atoms with Crippen molar-refractivity contribution in [3.8, 4) is 0 Å². The fraction of sp³-hybridized carbons (Fsp3) is 0.333. The molecule has 2 amide bonds. The smallest absolute Gasteiger partial charge is 0.326 e. The number of aliphatic carboxylic acids is 1. The average Bonchev–Trinajstić information content (AvgIpc) is 3.13. The van der Waals surface area contributed by atoms with Gasteiger partial charge in [0.05, 0.1) is 36.3 Å². The predicted molar refractivity (Wildman–Crippen MR) is 73.6 cm³/mol. The standard InChI is InChI=1S/C12H13N5O3S/c18-11(19)10-1-8-9(16-5-15-8)4-17(10)12(20)14-3-7-2-13-6-21-7/h2,5-6,10H,1,3-4H2,(H,14,20)(H,15,16)(H,18,19). The summed E-state index contributed by atoms with van der Waals surface area (Å²) in [5.74, 6) is -1.03. The lowest BCUT2D eigenvalue weighted by Crippen LogP contribution is -2.52. The van der Waals surface area contributed by atoms with Gasteiger partial charge in [0.2, 0.25) is 0 Å². The number of fused-ring (bicyclic) bond motifs is 1. The molecule has 0 bridgehead atoms. The van der Waals surface area contributed by atoms with Gasteiger partial charge in [0.1, 0.15) is 6.04 Å². The molecule has 0 saturated heterocycles. The summed E-state index contributed by atoms with van der Waals surface area (Å²) in [7, 11) is 0. The molecule has 1 unspecified atom stereocenters. The number of H-pyrrole nitrogens is 1. The van der Waals surface area contributed by atoms with Gasteiger partial charge in [-0.3, -0.25) is 4.98 Å². The summed E-state index contributed by atoms with van der Waals surface area (Å²) in [4.78, 5) is 36.8. The molecule has 21 heavy (non-hydrogen) atoms. The normalized spacial score (nSPS) is 17.3. The highest BCUT2D eigenvalue weighted by molar-refractivity contribution is 7.09. The van der Waals surface area contributed by atoms with E-state index in [1.807, 2.05) is 0 Å². The number of carbonyl (C=O) groups excluding carboxylic acids is 1. The number of amides is 2. The van der Waals surface area contributed by atoms with E-state index >= 15 is 0 Å². The second-order valence-electron chi connectivity index (χ2n) is 4.64. The van der Waals surface area contributed by atoms with E-state index in [-0.39, 0.29) is 13.0 Å². The van der Waals surface area contributed by atoms with Crippen LogP contribution in [0.2, 0.25) is 0 Å². The van der Waals surface area contributed by atoms with Gasteiger partial charge in [0.15, 0.2) is 0 Å². The van der Waals surface area contributed by atoms with Crippen LogP contribution in [0.15, 0.2) is 18.0 Å². The lowest BCUT2D eigenvalue weighted by Gasteiger charge is -2.32. The van der Waals surface area contributed by atoms with E-state index in [4.69, 9.17) is 0 Å². The Morgan fingerprint density at radius 1 is 1.57 bits per heavy atom. The first kappa shape index (κ1) is 13.6. The van der Waals surface area contributed by atoms with Crippen LogP contribution in [-0.2, 0) is 24.3 Å². The third kappa shape index (κ3) is 2.72. The minimum absolute atomic E-state index is 0.209. The van der Waals surface area contributed by atoms with Crippen LogP contribution >= 0.6 is 11.3 Å². The lowest BCUT2D eigenvalue weighted by atomic mass is 10.0. The number of aromatic amines is 1. The first-order valence-corrected chi connectivity index (χ1v) is 7.19. The summed E-state index contributed by atoms with van der Waals surface area (Å²) in [5, 5.41) is 12.0. The van der Waals surface area contributed by atoms with Crippen molar-refractivity contribution in [2.75, 3.05) is 0 Å². The highest BCUT2D eigenvalue weighted by atomic mass is 32.1. The second kappa shape index (κ2) is 5.52. The molecule has 2 aromatic rings. The van der Waals surface area contributed by atoms with Crippen molar-refractivity contribution in [1.29, 1.82) is 0 Å². The third-order valence-corrected chi connectivity index (χ3v) is 4.12. The highest BCUT2D eigenvalue weighted by Crippen LogP contribution is 2.21. The molecule has 0 spiro atoms. The minimum atomic E-state index is -1.03. The maximum absolute atomic E-state index is 12.2. The number of carboxylic acid groups (broad SMARTS) is 1. The number of carboxylic acids is 1. The van der Waals surface area contributed by atoms with Gasteiger partial charge < -0.3 is 20.3 Å². The summed E-state index contributed by atoms with van der Waals surface area (Å²) >= 11 is 1.43. The van der Waals surface area contributed by atoms with Crippen LogP contribution in [0.25, 0.3) is 0 Å². The average molecular weight is 307 g/mol. The zero-order valence-electron chi connectivity index (χ0n) is 10.9. The van der Waals surface area contributed by atoms with Crippen molar-refractivity contribution in [2.45, 2.75) is 25.6 Å². The molecule has 9 heteroatoms. The number of imidazole rings is 1. The maximum atomic E-state index is 12.2. The molecule has 1 aliphatic rings. The van der Waals surface area contributed by atoms with Gasteiger partial charge in [-0.05, 0) is 0 Å². The third-order valence-electron chi connectivity index (χ3n) is 3.34. The molecule has 8 nitrogen and oxygen atoms in total. The van der Waals surface area contributed by atoms with E-state index in [1.54, 1.807) is 11.7 Å². The molecule has 1 atom stereocenters. The molecule has 0 fully saturated rings. The number of thiazole rings is 1. The molecule has 1 aliphatic heterocycles. The minimum Gasteiger partial charge on any atom is -0.480 e. The zero-order valence-corrected chi connectivity index (χ0v) is 11.8. The first-order chi connectivity index (χ1) is 10.1. The van der Waals surface area contributed by atoms with Crippen LogP contribution < -0.4 is 5.32 Å². The Morgan fingerprint density at radius 2 is 2.43 bits per heavy atom. The van der Waals surface area contributed by atoms with Crippen molar-refractivity contribution >= 4 is 23.3 Å². The number of hydrogen-bond donors (Lipinski definition) is 3. The number of nitrogens with zero attached hydrogens (tertiary/aromatic N) is 3. The van der Waals surface area contributed by atoms with Crippen LogP contribution in [0.1, 0.15) is 16.3 Å². The van der Waals surface area contributed by atoms with Crippen molar-refractivity contribution in [2.24, 2.45) is 0 Å². The molecule has 110 valence electrons. The highest BCUT2D eigenvalue weighted by Gasteiger charge is 2.35. The van der Waals surface area contributed by atoms with Crippen molar-refractivity contribution in [3.63, 3.8) is 0 Å². The molecule has 0 aromatic carbocycles. The van der Waals surface area contributed by atoms with Crippen LogP contribution in [0.4, 0.5) is 4.79 Å². The van der Waals surface area contributed by atoms with E-state index in [1.165, 1.54) is 22.6 Å². The number of rotatable bonds is 3.